The van der Waals surface area contributed by atoms with E-state index in [-0.39, 0.29) is 5.69 Å². The summed E-state index contributed by atoms with van der Waals surface area (Å²) in [5, 5.41) is 18.1. The number of rotatable bonds is 8. The van der Waals surface area contributed by atoms with Crippen LogP contribution in [-0.2, 0) is 0 Å². The summed E-state index contributed by atoms with van der Waals surface area (Å²) in [6, 6.07) is 5.99. The number of alkyl halides is 1. The molecule has 0 unspecified atom stereocenters. The van der Waals surface area contributed by atoms with Crippen LogP contribution in [0.15, 0.2) is 34.6 Å². The van der Waals surface area contributed by atoms with Crippen LogP contribution < -0.4 is 5.43 Å². The van der Waals surface area contributed by atoms with Crippen LogP contribution in [0.3, 0.4) is 0 Å². The molecule has 0 aliphatic rings. The molecule has 0 radical (unpaired) electrons. The average molecular weight is 289 g/mol. The minimum atomic E-state index is -0.445. The zero-order chi connectivity index (χ0) is 13.2. The Hall–Kier alpha value is -1.34. The Morgan fingerprint density at radius 2 is 2.06 bits per heavy atom. The highest BCUT2D eigenvalue weighted by molar-refractivity contribution is 7.99. The highest BCUT2D eigenvalue weighted by Gasteiger charge is 2.02. The van der Waals surface area contributed by atoms with Crippen molar-refractivity contribution in [2.75, 3.05) is 29.4 Å². The number of non-ortho nitro benzene ring substituents is 1. The molecule has 1 N–H and O–H groups in total. The predicted octanol–water partition coefficient (Wildman–Crippen LogP) is 3.35. The normalized spacial score (nSPS) is 10.7. The van der Waals surface area contributed by atoms with Gasteiger partial charge >= 0.3 is 0 Å². The summed E-state index contributed by atoms with van der Waals surface area (Å²) in [6.45, 7) is 0.613. The van der Waals surface area contributed by atoms with Gasteiger partial charge in [-0.05, 0) is 12.1 Å². The molecule has 1 aromatic rings. The molecule has 18 heavy (non-hydrogen) atoms. The minimum absolute atomic E-state index is 0.0509. The van der Waals surface area contributed by atoms with Crippen molar-refractivity contribution in [2.45, 2.75) is 0 Å². The van der Waals surface area contributed by atoms with E-state index < -0.39 is 4.92 Å². The number of benzene rings is 1. The summed E-state index contributed by atoms with van der Waals surface area (Å²) in [4.78, 5) is 9.98. The molecule has 0 bridgehead atoms. The average Bonchev–Trinajstić information content (AvgIpc) is 2.38. The fourth-order valence-electron chi connectivity index (χ4n) is 1.06. The predicted molar refractivity (Wildman–Crippen MR) is 74.5 cm³/mol. The number of halogens is 1. The second-order valence-electron chi connectivity index (χ2n) is 3.18. The van der Waals surface area contributed by atoms with Crippen molar-refractivity contribution in [1.29, 1.82) is 0 Å². The third-order valence-corrected chi connectivity index (χ3v) is 3.26. The Bertz CT molecular complexity index is 399. The Morgan fingerprint density at radius 3 is 2.67 bits per heavy atom. The molecule has 0 aliphatic carbocycles. The summed E-state index contributed by atoms with van der Waals surface area (Å²) < 4.78 is 0. The third-order valence-electron chi connectivity index (χ3n) is 1.89. The van der Waals surface area contributed by atoms with E-state index in [1.807, 2.05) is 0 Å². The number of nitrogens with one attached hydrogen (secondary N) is 1. The van der Waals surface area contributed by atoms with E-state index in [0.717, 1.165) is 11.5 Å². The molecule has 6 nitrogen and oxygen atoms in total. The van der Waals surface area contributed by atoms with E-state index in [9.17, 15) is 10.1 Å². The number of anilines is 1. The molecule has 0 atom stereocenters. The van der Waals surface area contributed by atoms with Crippen LogP contribution in [0, 0.1) is 10.1 Å². The highest BCUT2D eigenvalue weighted by atomic mass is 35.5. The van der Waals surface area contributed by atoms with Gasteiger partial charge < -0.3 is 0 Å². The van der Waals surface area contributed by atoms with Crippen LogP contribution in [0.4, 0.5) is 11.4 Å². The van der Waals surface area contributed by atoms with Crippen LogP contribution >= 0.6 is 23.4 Å². The number of hydrogen-bond acceptors (Lipinski definition) is 5. The van der Waals surface area contributed by atoms with Crippen molar-refractivity contribution in [3.8, 4) is 0 Å². The third kappa shape index (κ3) is 5.83. The molecule has 1 aromatic carbocycles. The maximum absolute atomic E-state index is 10.4. The van der Waals surface area contributed by atoms with Gasteiger partial charge in [0.25, 0.3) is 5.69 Å². The van der Waals surface area contributed by atoms with Gasteiger partial charge in [0.2, 0.25) is 0 Å². The Morgan fingerprint density at radius 1 is 1.33 bits per heavy atom. The molecule has 0 aromatic heterocycles. The molecule has 0 aliphatic heterocycles. The minimum Gasteiger partial charge on any atom is -0.260 e. The molecule has 0 saturated carbocycles. The van der Waals surface area contributed by atoms with Gasteiger partial charge in [-0.3, -0.25) is 15.5 Å². The van der Waals surface area contributed by atoms with Crippen molar-refractivity contribution >= 4 is 34.7 Å². The lowest BCUT2D eigenvalue weighted by atomic mass is 10.3. The molecule has 0 amide bonds. The lowest BCUT2D eigenvalue weighted by molar-refractivity contribution is -0.384. The van der Waals surface area contributed by atoms with Crippen LogP contribution in [0.1, 0.15) is 0 Å². The van der Waals surface area contributed by atoms with Crippen LogP contribution in [0.5, 0.6) is 0 Å². The van der Waals surface area contributed by atoms with E-state index in [1.54, 1.807) is 23.9 Å². The lowest BCUT2D eigenvalue weighted by Crippen LogP contribution is -1.92. The molecule has 0 fully saturated rings. The summed E-state index contributed by atoms with van der Waals surface area (Å²) in [7, 11) is 0. The molecule has 1 rings (SSSR count). The topological polar surface area (TPSA) is 79.9 Å². The van der Waals surface area contributed by atoms with Gasteiger partial charge in [0, 0.05) is 29.5 Å². The first-order valence-corrected chi connectivity index (χ1v) is 6.93. The fourth-order valence-corrected chi connectivity index (χ4v) is 1.91. The summed E-state index contributed by atoms with van der Waals surface area (Å²) in [5.74, 6) is 2.42. The van der Waals surface area contributed by atoms with Gasteiger partial charge in [0.05, 0.1) is 17.2 Å². The van der Waals surface area contributed by atoms with Crippen molar-refractivity contribution in [3.05, 3.63) is 34.4 Å². The number of nitro groups is 1. The number of hydrogen-bond donors (Lipinski definition) is 1. The molecule has 0 saturated heterocycles. The van der Waals surface area contributed by atoms with E-state index in [1.165, 1.54) is 12.1 Å². The molecule has 0 spiro atoms. The number of nitrogens with zero attached hydrogens (tertiary/aromatic N) is 3. The molecular weight excluding hydrogens is 276 g/mol. The molecule has 8 heteroatoms. The van der Waals surface area contributed by atoms with Gasteiger partial charge in [-0.2, -0.15) is 16.9 Å². The van der Waals surface area contributed by atoms with Gasteiger partial charge in [0.15, 0.2) is 0 Å². The fraction of sp³-hybridized carbons (Fsp3) is 0.400. The summed E-state index contributed by atoms with van der Waals surface area (Å²) >= 11 is 7.24. The maximum atomic E-state index is 10.4. The van der Waals surface area contributed by atoms with Gasteiger partial charge in [-0.1, -0.05) is 5.22 Å². The maximum Gasteiger partial charge on any atom is 0.269 e. The zero-order valence-electron chi connectivity index (χ0n) is 9.58. The largest absolute Gasteiger partial charge is 0.269 e. The van der Waals surface area contributed by atoms with Crippen LogP contribution in [0.25, 0.3) is 0 Å². The Labute approximate surface area is 114 Å². The SMILES string of the molecule is O=[N+]([O-])c1ccc(NN=NCCSCCCl)cc1. The van der Waals surface area contributed by atoms with Crippen molar-refractivity contribution < 1.29 is 4.92 Å². The van der Waals surface area contributed by atoms with Crippen molar-refractivity contribution in [2.24, 2.45) is 10.3 Å². The summed E-state index contributed by atoms with van der Waals surface area (Å²) in [5.41, 5.74) is 3.42. The quantitative estimate of drug-likeness (QED) is 0.261. The van der Waals surface area contributed by atoms with Gasteiger partial charge in [-0.25, -0.2) is 0 Å². The van der Waals surface area contributed by atoms with E-state index >= 15 is 0 Å². The van der Waals surface area contributed by atoms with Gasteiger partial charge in [-0.15, -0.1) is 11.6 Å². The van der Waals surface area contributed by atoms with Gasteiger partial charge in [0.1, 0.15) is 0 Å². The molecule has 98 valence electrons. The van der Waals surface area contributed by atoms with Crippen molar-refractivity contribution in [1.82, 2.24) is 0 Å². The number of thioether (sulfide) groups is 1. The first-order valence-electron chi connectivity index (χ1n) is 5.24. The zero-order valence-corrected chi connectivity index (χ0v) is 11.2. The standard InChI is InChI=1S/C10H13ClN4O2S/c11-5-7-18-8-6-12-14-13-9-1-3-10(4-2-9)15(16)17/h1-4H,5-8H2,(H,12,13). The van der Waals surface area contributed by atoms with E-state index in [2.05, 4.69) is 15.8 Å². The Kier molecular flexibility index (Phi) is 7.12. The summed E-state index contributed by atoms with van der Waals surface area (Å²) in [6.07, 6.45) is 0. The van der Waals surface area contributed by atoms with Crippen molar-refractivity contribution in [3.63, 3.8) is 0 Å². The highest BCUT2D eigenvalue weighted by Crippen LogP contribution is 2.15. The first-order chi connectivity index (χ1) is 8.74. The number of nitro benzene ring substituents is 1. The molecular formula is C10H13ClN4O2S. The van der Waals surface area contributed by atoms with Crippen LogP contribution in [-0.4, -0.2) is 28.9 Å². The van der Waals surface area contributed by atoms with E-state index in [0.29, 0.717) is 18.1 Å². The lowest BCUT2D eigenvalue weighted by Gasteiger charge is -1.98. The first kappa shape index (κ1) is 14.7. The smallest absolute Gasteiger partial charge is 0.260 e. The second kappa shape index (κ2) is 8.71. The molecule has 0 heterocycles. The van der Waals surface area contributed by atoms with Crippen LogP contribution in [0.2, 0.25) is 0 Å². The monoisotopic (exact) mass is 288 g/mol. The Balaban J connectivity index is 2.26. The van der Waals surface area contributed by atoms with E-state index in [4.69, 9.17) is 11.6 Å². The second-order valence-corrected chi connectivity index (χ2v) is 4.78.